The van der Waals surface area contributed by atoms with E-state index in [1.165, 1.54) is 0 Å². The summed E-state index contributed by atoms with van der Waals surface area (Å²) in [7, 11) is 0. The van der Waals surface area contributed by atoms with Crippen molar-refractivity contribution in [1.29, 1.82) is 0 Å². The number of carbonyl (C=O) groups is 1. The number of hydrogen-bond acceptors (Lipinski definition) is 4. The Labute approximate surface area is 120 Å². The fourth-order valence-electron chi connectivity index (χ4n) is 2.10. The second-order valence-electron chi connectivity index (χ2n) is 5.10. The van der Waals surface area contributed by atoms with Crippen LogP contribution in [0.25, 0.3) is 0 Å². The van der Waals surface area contributed by atoms with Crippen molar-refractivity contribution in [3.05, 3.63) is 35.9 Å². The molecule has 2 atom stereocenters. The van der Waals surface area contributed by atoms with Crippen LogP contribution < -0.4 is 0 Å². The van der Waals surface area contributed by atoms with Gasteiger partial charge >= 0.3 is 5.97 Å². The topological polar surface area (TPSA) is 48.1 Å². The Balaban J connectivity index is 1.70. The van der Waals surface area contributed by atoms with Gasteiger partial charge < -0.3 is 14.2 Å². The lowest BCUT2D eigenvalue weighted by Crippen LogP contribution is -2.20. The molecule has 20 heavy (non-hydrogen) atoms. The Morgan fingerprint density at radius 3 is 2.70 bits per heavy atom. The fraction of sp³-hybridized carbons (Fsp3) is 0.562. The van der Waals surface area contributed by atoms with Crippen molar-refractivity contribution >= 4 is 5.97 Å². The van der Waals surface area contributed by atoms with E-state index in [9.17, 15) is 4.79 Å². The van der Waals surface area contributed by atoms with E-state index in [0.29, 0.717) is 6.61 Å². The number of esters is 1. The van der Waals surface area contributed by atoms with Gasteiger partial charge in [-0.25, -0.2) is 4.79 Å². The molecule has 0 aliphatic carbocycles. The summed E-state index contributed by atoms with van der Waals surface area (Å²) >= 11 is 0. The minimum Gasteiger partial charge on any atom is -0.461 e. The quantitative estimate of drug-likeness (QED) is 0.417. The summed E-state index contributed by atoms with van der Waals surface area (Å²) in [6, 6.07) is 9.73. The van der Waals surface area contributed by atoms with Crippen LogP contribution >= 0.6 is 0 Å². The van der Waals surface area contributed by atoms with Gasteiger partial charge in [-0.05, 0) is 18.9 Å². The number of rotatable bonds is 8. The first-order chi connectivity index (χ1) is 9.68. The Kier molecular flexibility index (Phi) is 5.15. The standard InChI is InChI=1S/C16H22O4/c1-3-4-10-18-11-12-19-15(17)14-16(2,20-14)13-8-6-5-7-9-13/h5-9,14H,3-4,10-12H2,1-2H3/t14-,16+/m0/s1. The highest BCUT2D eigenvalue weighted by atomic mass is 16.7. The molecule has 0 radical (unpaired) electrons. The Bertz CT molecular complexity index is 431. The van der Waals surface area contributed by atoms with E-state index in [1.54, 1.807) is 0 Å². The number of carbonyl (C=O) groups excluding carboxylic acids is 1. The van der Waals surface area contributed by atoms with Crippen LogP contribution in [0.3, 0.4) is 0 Å². The van der Waals surface area contributed by atoms with Gasteiger partial charge in [-0.1, -0.05) is 43.7 Å². The first-order valence-electron chi connectivity index (χ1n) is 7.16. The van der Waals surface area contributed by atoms with Crippen molar-refractivity contribution in [2.45, 2.75) is 38.4 Å². The minimum atomic E-state index is -0.540. The van der Waals surface area contributed by atoms with Crippen LogP contribution in [0.2, 0.25) is 0 Å². The molecule has 0 saturated carbocycles. The molecule has 0 unspecified atom stereocenters. The molecule has 1 aromatic rings. The predicted octanol–water partition coefficient (Wildman–Crippen LogP) is 2.66. The molecule has 4 nitrogen and oxygen atoms in total. The van der Waals surface area contributed by atoms with Gasteiger partial charge in [0.25, 0.3) is 0 Å². The molecular weight excluding hydrogens is 256 g/mol. The average molecular weight is 278 g/mol. The van der Waals surface area contributed by atoms with Crippen molar-refractivity contribution < 1.29 is 19.0 Å². The molecule has 0 N–H and O–H groups in total. The van der Waals surface area contributed by atoms with Crippen molar-refractivity contribution in [1.82, 2.24) is 0 Å². The normalized spacial score (nSPS) is 24.4. The van der Waals surface area contributed by atoms with Gasteiger partial charge in [0.15, 0.2) is 6.10 Å². The molecule has 1 heterocycles. The Hall–Kier alpha value is -1.39. The van der Waals surface area contributed by atoms with Crippen LogP contribution in [0.5, 0.6) is 0 Å². The summed E-state index contributed by atoms with van der Waals surface area (Å²) in [5.41, 5.74) is 0.461. The summed E-state index contributed by atoms with van der Waals surface area (Å²) in [6.45, 7) is 5.47. The van der Waals surface area contributed by atoms with Gasteiger partial charge in [-0.2, -0.15) is 0 Å². The van der Waals surface area contributed by atoms with E-state index >= 15 is 0 Å². The first kappa shape index (κ1) is 15.0. The fourth-order valence-corrected chi connectivity index (χ4v) is 2.10. The zero-order chi connectivity index (χ0) is 14.4. The molecular formula is C16H22O4. The Morgan fingerprint density at radius 2 is 2.00 bits per heavy atom. The van der Waals surface area contributed by atoms with E-state index in [4.69, 9.17) is 14.2 Å². The van der Waals surface area contributed by atoms with Gasteiger partial charge in [0.2, 0.25) is 0 Å². The van der Waals surface area contributed by atoms with Gasteiger partial charge in [-0.3, -0.25) is 0 Å². The molecule has 0 bridgehead atoms. The molecule has 1 fully saturated rings. The molecule has 4 heteroatoms. The second kappa shape index (κ2) is 6.86. The number of epoxide rings is 1. The summed E-state index contributed by atoms with van der Waals surface area (Å²) in [5, 5.41) is 0. The van der Waals surface area contributed by atoms with E-state index < -0.39 is 11.7 Å². The first-order valence-corrected chi connectivity index (χ1v) is 7.16. The SMILES string of the molecule is CCCCOCCOC(=O)[C@@H]1O[C@]1(C)c1ccccc1. The predicted molar refractivity (Wildman–Crippen MR) is 75.4 cm³/mol. The van der Waals surface area contributed by atoms with E-state index in [1.807, 2.05) is 37.3 Å². The van der Waals surface area contributed by atoms with Crippen LogP contribution in [0.4, 0.5) is 0 Å². The van der Waals surface area contributed by atoms with Gasteiger partial charge in [0, 0.05) is 6.61 Å². The lowest BCUT2D eigenvalue weighted by atomic mass is 9.97. The van der Waals surface area contributed by atoms with Gasteiger partial charge in [-0.15, -0.1) is 0 Å². The van der Waals surface area contributed by atoms with Gasteiger partial charge in [0.1, 0.15) is 12.2 Å². The lowest BCUT2D eigenvalue weighted by molar-refractivity contribution is -0.146. The van der Waals surface area contributed by atoms with Crippen LogP contribution in [0.15, 0.2) is 30.3 Å². The van der Waals surface area contributed by atoms with Crippen molar-refractivity contribution in [3.63, 3.8) is 0 Å². The number of ether oxygens (including phenoxy) is 3. The maximum Gasteiger partial charge on any atom is 0.338 e. The van der Waals surface area contributed by atoms with Crippen LogP contribution in [-0.4, -0.2) is 31.9 Å². The van der Waals surface area contributed by atoms with Crippen LogP contribution in [0.1, 0.15) is 32.3 Å². The van der Waals surface area contributed by atoms with E-state index in [-0.39, 0.29) is 12.6 Å². The molecule has 110 valence electrons. The summed E-state index contributed by atoms with van der Waals surface area (Å²) in [5.74, 6) is -0.310. The largest absolute Gasteiger partial charge is 0.461 e. The molecule has 1 aliphatic heterocycles. The molecule has 0 amide bonds. The number of benzene rings is 1. The third-order valence-corrected chi connectivity index (χ3v) is 3.48. The second-order valence-corrected chi connectivity index (χ2v) is 5.10. The molecule has 1 aromatic carbocycles. The minimum absolute atomic E-state index is 0.285. The maximum atomic E-state index is 11.9. The average Bonchev–Trinajstić information content (AvgIpc) is 3.17. The molecule has 1 saturated heterocycles. The summed E-state index contributed by atoms with van der Waals surface area (Å²) in [4.78, 5) is 11.9. The zero-order valence-electron chi connectivity index (χ0n) is 12.1. The number of hydrogen-bond donors (Lipinski definition) is 0. The van der Waals surface area contributed by atoms with Crippen molar-refractivity contribution in [3.8, 4) is 0 Å². The van der Waals surface area contributed by atoms with Crippen molar-refractivity contribution in [2.24, 2.45) is 0 Å². The highest BCUT2D eigenvalue weighted by molar-refractivity contribution is 5.79. The van der Waals surface area contributed by atoms with E-state index in [2.05, 4.69) is 6.92 Å². The highest BCUT2D eigenvalue weighted by Crippen LogP contribution is 2.46. The number of unbranched alkanes of at least 4 members (excludes halogenated alkanes) is 1. The molecule has 1 aliphatic rings. The zero-order valence-corrected chi connectivity index (χ0v) is 12.1. The van der Waals surface area contributed by atoms with Crippen molar-refractivity contribution in [2.75, 3.05) is 19.8 Å². The molecule has 0 aromatic heterocycles. The summed E-state index contributed by atoms with van der Waals surface area (Å²) in [6.07, 6.45) is 1.64. The third-order valence-electron chi connectivity index (χ3n) is 3.48. The monoisotopic (exact) mass is 278 g/mol. The van der Waals surface area contributed by atoms with E-state index in [0.717, 1.165) is 25.0 Å². The smallest absolute Gasteiger partial charge is 0.338 e. The van der Waals surface area contributed by atoms with Crippen LogP contribution in [-0.2, 0) is 24.6 Å². The summed E-state index contributed by atoms with van der Waals surface area (Å²) < 4.78 is 16.0. The van der Waals surface area contributed by atoms with Gasteiger partial charge in [0.05, 0.1) is 6.61 Å². The maximum absolute atomic E-state index is 11.9. The lowest BCUT2D eigenvalue weighted by Gasteiger charge is -2.07. The van der Waals surface area contributed by atoms with Crippen LogP contribution in [0, 0.1) is 0 Å². The Morgan fingerprint density at radius 1 is 1.25 bits per heavy atom. The third kappa shape index (κ3) is 3.58. The molecule has 0 spiro atoms. The highest BCUT2D eigenvalue weighted by Gasteiger charge is 2.59. The molecule has 2 rings (SSSR count).